The summed E-state index contributed by atoms with van der Waals surface area (Å²) in [6.45, 7) is 9.91. The molecule has 1 heterocycles. The number of anilines is 2. The SMILES string of the molecule is CC(C)(C)c1ccc(N(C(=O)OCC2C3CCC2CN(Cc2ccccc2)C3)c2cccc(F)c2)cc1. The molecule has 1 aliphatic carbocycles. The van der Waals surface area contributed by atoms with Crippen molar-refractivity contribution in [1.29, 1.82) is 0 Å². The van der Waals surface area contributed by atoms with E-state index in [4.69, 9.17) is 4.74 Å². The van der Waals surface area contributed by atoms with E-state index >= 15 is 0 Å². The van der Waals surface area contributed by atoms with Gasteiger partial charge in [-0.05, 0) is 71.6 Å². The number of hydrogen-bond donors (Lipinski definition) is 0. The Morgan fingerprint density at radius 2 is 1.59 bits per heavy atom. The highest BCUT2D eigenvalue weighted by atomic mass is 19.1. The number of rotatable bonds is 6. The van der Waals surface area contributed by atoms with Gasteiger partial charge in [-0.15, -0.1) is 0 Å². The van der Waals surface area contributed by atoms with Gasteiger partial charge in [0.1, 0.15) is 5.82 Å². The van der Waals surface area contributed by atoms with Crippen molar-refractivity contribution in [3.63, 3.8) is 0 Å². The van der Waals surface area contributed by atoms with E-state index in [-0.39, 0.29) is 11.2 Å². The van der Waals surface area contributed by atoms with E-state index in [2.05, 4.69) is 56.0 Å². The molecule has 0 aromatic heterocycles. The topological polar surface area (TPSA) is 32.8 Å². The van der Waals surface area contributed by atoms with E-state index in [1.54, 1.807) is 12.1 Å². The largest absolute Gasteiger partial charge is 0.449 e. The van der Waals surface area contributed by atoms with Crippen molar-refractivity contribution < 1.29 is 13.9 Å². The third-order valence-electron chi connectivity index (χ3n) is 7.99. The molecular weight excluding hydrogens is 463 g/mol. The number of benzene rings is 3. The van der Waals surface area contributed by atoms with E-state index in [0.29, 0.717) is 35.7 Å². The van der Waals surface area contributed by atoms with Crippen LogP contribution in [-0.4, -0.2) is 30.7 Å². The van der Waals surface area contributed by atoms with Gasteiger partial charge < -0.3 is 4.74 Å². The van der Waals surface area contributed by atoms with E-state index < -0.39 is 6.09 Å². The lowest BCUT2D eigenvalue weighted by atomic mass is 9.85. The quantitative estimate of drug-likeness (QED) is 0.350. The minimum absolute atomic E-state index is 0.00260. The molecule has 1 amide bonds. The molecule has 2 fully saturated rings. The Morgan fingerprint density at radius 1 is 0.919 bits per heavy atom. The normalized spacial score (nSPS) is 21.6. The monoisotopic (exact) mass is 500 g/mol. The molecular formula is C32H37FN2O2. The number of amides is 1. The molecule has 0 radical (unpaired) electrons. The third-order valence-corrected chi connectivity index (χ3v) is 7.99. The first kappa shape index (κ1) is 25.5. The summed E-state index contributed by atoms with van der Waals surface area (Å²) in [7, 11) is 0. The minimum atomic E-state index is -0.458. The molecule has 2 unspecified atom stereocenters. The molecule has 3 aromatic rings. The van der Waals surface area contributed by atoms with E-state index in [1.807, 2.05) is 24.3 Å². The van der Waals surface area contributed by atoms with E-state index in [1.165, 1.54) is 41.0 Å². The summed E-state index contributed by atoms with van der Waals surface area (Å²) in [5.41, 5.74) is 3.65. The van der Waals surface area contributed by atoms with Crippen LogP contribution in [0.4, 0.5) is 20.6 Å². The van der Waals surface area contributed by atoms with Crippen LogP contribution < -0.4 is 4.90 Å². The molecule has 2 bridgehead atoms. The highest BCUT2D eigenvalue weighted by Gasteiger charge is 2.42. The van der Waals surface area contributed by atoms with Crippen molar-refractivity contribution >= 4 is 17.5 Å². The van der Waals surface area contributed by atoms with Gasteiger partial charge in [-0.2, -0.15) is 0 Å². The number of carbonyl (C=O) groups excluding carboxylic acids is 1. The Hall–Kier alpha value is -3.18. The maximum atomic E-state index is 14.1. The second-order valence-corrected chi connectivity index (χ2v) is 11.6. The van der Waals surface area contributed by atoms with Crippen molar-refractivity contribution in [2.24, 2.45) is 17.8 Å². The van der Waals surface area contributed by atoms with Crippen LogP contribution in [0.25, 0.3) is 0 Å². The molecule has 37 heavy (non-hydrogen) atoms. The Kier molecular flexibility index (Phi) is 7.34. The van der Waals surface area contributed by atoms with Crippen LogP contribution in [0.2, 0.25) is 0 Å². The molecule has 5 rings (SSSR count). The van der Waals surface area contributed by atoms with Crippen molar-refractivity contribution in [1.82, 2.24) is 4.90 Å². The van der Waals surface area contributed by atoms with Gasteiger partial charge in [-0.1, -0.05) is 69.3 Å². The predicted molar refractivity (Wildman–Crippen MR) is 146 cm³/mol. The Morgan fingerprint density at radius 3 is 2.22 bits per heavy atom. The second kappa shape index (κ2) is 10.7. The highest BCUT2D eigenvalue weighted by Crippen LogP contribution is 2.42. The summed E-state index contributed by atoms with van der Waals surface area (Å²) in [5.74, 6) is 1.05. The van der Waals surface area contributed by atoms with Crippen LogP contribution in [0.1, 0.15) is 44.7 Å². The molecule has 2 aliphatic rings. The molecule has 1 aliphatic heterocycles. The number of fused-ring (bicyclic) bond motifs is 2. The molecule has 0 N–H and O–H groups in total. The van der Waals surface area contributed by atoms with Crippen molar-refractivity contribution in [3.05, 3.63) is 95.8 Å². The lowest BCUT2D eigenvalue weighted by molar-refractivity contribution is 0.0514. The average molecular weight is 501 g/mol. The van der Waals surface area contributed by atoms with Crippen LogP contribution in [0.3, 0.4) is 0 Å². The van der Waals surface area contributed by atoms with Gasteiger partial charge in [0.15, 0.2) is 0 Å². The molecule has 194 valence electrons. The lowest BCUT2D eigenvalue weighted by Gasteiger charge is -2.38. The number of hydrogen-bond acceptors (Lipinski definition) is 3. The zero-order valence-corrected chi connectivity index (χ0v) is 22.1. The number of ether oxygens (including phenoxy) is 1. The third kappa shape index (κ3) is 5.88. The number of nitrogens with zero attached hydrogens (tertiary/aromatic N) is 2. The standard InChI is InChI=1S/C32H37FN2O2/c1-32(2,3)26-14-16-28(17-15-26)35(29-11-7-10-27(33)18-29)31(36)37-22-30-24-12-13-25(30)21-34(20-24)19-23-8-5-4-6-9-23/h4-11,14-18,24-25,30H,12-13,19-22H2,1-3H3. The maximum Gasteiger partial charge on any atom is 0.418 e. The molecule has 5 heteroatoms. The van der Waals surface area contributed by atoms with Crippen LogP contribution in [0.5, 0.6) is 0 Å². The number of carbonyl (C=O) groups is 1. The van der Waals surface area contributed by atoms with Crippen LogP contribution in [0, 0.1) is 23.6 Å². The molecule has 1 saturated carbocycles. The smallest absolute Gasteiger partial charge is 0.418 e. The summed E-state index contributed by atoms with van der Waals surface area (Å²) >= 11 is 0. The van der Waals surface area contributed by atoms with Gasteiger partial charge in [0.05, 0.1) is 18.0 Å². The van der Waals surface area contributed by atoms with Crippen LogP contribution >= 0.6 is 0 Å². The first-order valence-electron chi connectivity index (χ1n) is 13.4. The maximum absolute atomic E-state index is 14.1. The lowest BCUT2D eigenvalue weighted by Crippen LogP contribution is -2.43. The fraction of sp³-hybridized carbons (Fsp3) is 0.406. The fourth-order valence-corrected chi connectivity index (χ4v) is 5.99. The van der Waals surface area contributed by atoms with Gasteiger partial charge in [0, 0.05) is 25.6 Å². The summed E-state index contributed by atoms with van der Waals surface area (Å²) in [6.07, 6.45) is 1.90. The van der Waals surface area contributed by atoms with Crippen molar-refractivity contribution in [2.75, 3.05) is 24.6 Å². The number of likely N-dealkylation sites (tertiary alicyclic amines) is 1. The number of piperidine rings is 1. The van der Waals surface area contributed by atoms with E-state index in [0.717, 1.165) is 19.6 Å². The first-order valence-corrected chi connectivity index (χ1v) is 13.4. The predicted octanol–water partition coefficient (Wildman–Crippen LogP) is 7.56. The zero-order chi connectivity index (χ0) is 26.0. The molecule has 3 aromatic carbocycles. The van der Waals surface area contributed by atoms with Gasteiger partial charge in [-0.25, -0.2) is 14.1 Å². The van der Waals surface area contributed by atoms with Gasteiger partial charge in [-0.3, -0.25) is 4.90 Å². The average Bonchev–Trinajstić information content (AvgIpc) is 3.11. The summed E-state index contributed by atoms with van der Waals surface area (Å²) in [4.78, 5) is 17.5. The molecule has 1 saturated heterocycles. The summed E-state index contributed by atoms with van der Waals surface area (Å²) < 4.78 is 20.1. The van der Waals surface area contributed by atoms with E-state index in [9.17, 15) is 9.18 Å². The molecule has 0 spiro atoms. The Bertz CT molecular complexity index is 1190. The van der Waals surface area contributed by atoms with Gasteiger partial charge in [0.25, 0.3) is 0 Å². The Labute approximate surface area is 220 Å². The molecule has 2 atom stereocenters. The highest BCUT2D eigenvalue weighted by molar-refractivity contribution is 5.96. The minimum Gasteiger partial charge on any atom is -0.449 e. The number of halogens is 1. The Balaban J connectivity index is 1.28. The van der Waals surface area contributed by atoms with Crippen LogP contribution in [-0.2, 0) is 16.7 Å². The van der Waals surface area contributed by atoms with Gasteiger partial charge in [0.2, 0.25) is 0 Å². The fourth-order valence-electron chi connectivity index (χ4n) is 5.99. The van der Waals surface area contributed by atoms with Crippen LogP contribution in [0.15, 0.2) is 78.9 Å². The van der Waals surface area contributed by atoms with Crippen molar-refractivity contribution in [3.8, 4) is 0 Å². The van der Waals surface area contributed by atoms with Gasteiger partial charge >= 0.3 is 6.09 Å². The first-order chi connectivity index (χ1) is 17.8. The summed E-state index contributed by atoms with van der Waals surface area (Å²) in [6, 6.07) is 24.6. The zero-order valence-electron chi connectivity index (χ0n) is 22.1. The molecule has 4 nitrogen and oxygen atoms in total. The van der Waals surface area contributed by atoms with Crippen molar-refractivity contribution in [2.45, 2.75) is 45.6 Å². The second-order valence-electron chi connectivity index (χ2n) is 11.6. The summed E-state index contributed by atoms with van der Waals surface area (Å²) in [5, 5.41) is 0.